The number of rotatable bonds is 10. The maximum atomic E-state index is 12.9. The summed E-state index contributed by atoms with van der Waals surface area (Å²) in [4.78, 5) is 17.3. The van der Waals surface area contributed by atoms with Crippen LogP contribution in [-0.2, 0) is 24.1 Å². The average Bonchev–Trinajstić information content (AvgIpc) is 3.21. The zero-order valence-electron chi connectivity index (χ0n) is 20.6. The van der Waals surface area contributed by atoms with E-state index in [0.29, 0.717) is 12.2 Å². The monoisotopic (exact) mass is 482 g/mol. The molecule has 34 heavy (non-hydrogen) atoms. The number of carbonyl (C=O) groups is 1. The molecule has 0 fully saturated rings. The van der Waals surface area contributed by atoms with E-state index in [0.717, 1.165) is 62.5 Å². The summed E-state index contributed by atoms with van der Waals surface area (Å²) in [5.41, 5.74) is 3.56. The van der Waals surface area contributed by atoms with Gasteiger partial charge in [0.1, 0.15) is 5.75 Å². The first-order chi connectivity index (χ1) is 16.5. The standard InChI is InChI=1S/C27H34N2O4S/c1-28(13-9-20-18-34-25-8-5-7-22(31-2)27(20)25)11-6-12-29-14-10-19-15-23(32-3)24(33-4)16-21(19)17-26(29)30/h5,7-8,15-16,18H,6,9-14,17H2,1-4H3. The zero-order chi connectivity index (χ0) is 24.1. The van der Waals surface area contributed by atoms with Crippen LogP contribution in [0.4, 0.5) is 0 Å². The summed E-state index contributed by atoms with van der Waals surface area (Å²) in [5.74, 6) is 2.54. The van der Waals surface area contributed by atoms with Crippen molar-refractivity contribution in [3.8, 4) is 17.2 Å². The van der Waals surface area contributed by atoms with Crippen molar-refractivity contribution in [1.82, 2.24) is 9.80 Å². The molecule has 0 aliphatic carbocycles. The molecular weight excluding hydrogens is 448 g/mol. The Morgan fingerprint density at radius 1 is 1.00 bits per heavy atom. The number of hydrogen-bond acceptors (Lipinski definition) is 6. The number of likely N-dealkylation sites (N-methyl/N-ethyl adjacent to an activating group) is 1. The minimum Gasteiger partial charge on any atom is -0.496 e. The van der Waals surface area contributed by atoms with Gasteiger partial charge in [0.15, 0.2) is 11.5 Å². The van der Waals surface area contributed by atoms with Crippen LogP contribution < -0.4 is 14.2 Å². The van der Waals surface area contributed by atoms with Gasteiger partial charge < -0.3 is 24.0 Å². The van der Waals surface area contributed by atoms with Crippen LogP contribution in [-0.4, -0.2) is 70.3 Å². The Hall–Kier alpha value is -2.77. The van der Waals surface area contributed by atoms with Crippen molar-refractivity contribution in [2.45, 2.75) is 25.7 Å². The minimum atomic E-state index is 0.186. The SMILES string of the molecule is COc1cc2c(cc1OC)CC(=O)N(CCCN(C)CCc1csc3cccc(OC)c13)CC2. The Morgan fingerprint density at radius 2 is 1.74 bits per heavy atom. The lowest BCUT2D eigenvalue weighted by Gasteiger charge is -2.23. The van der Waals surface area contributed by atoms with Crippen LogP contribution in [0.2, 0.25) is 0 Å². The summed E-state index contributed by atoms with van der Waals surface area (Å²) < 4.78 is 17.7. The van der Waals surface area contributed by atoms with Gasteiger partial charge in [0.25, 0.3) is 0 Å². The Bertz CT molecular complexity index is 1140. The van der Waals surface area contributed by atoms with Gasteiger partial charge in [-0.1, -0.05) is 6.07 Å². The number of fused-ring (bicyclic) bond motifs is 2. The van der Waals surface area contributed by atoms with Gasteiger partial charge in [-0.2, -0.15) is 0 Å². The van der Waals surface area contributed by atoms with Crippen LogP contribution in [0.15, 0.2) is 35.7 Å². The van der Waals surface area contributed by atoms with Crippen molar-refractivity contribution < 1.29 is 19.0 Å². The van der Waals surface area contributed by atoms with Crippen LogP contribution in [0.5, 0.6) is 17.2 Å². The predicted octanol–water partition coefficient (Wildman–Crippen LogP) is 4.42. The summed E-state index contributed by atoms with van der Waals surface area (Å²) in [6, 6.07) is 10.2. The van der Waals surface area contributed by atoms with Crippen LogP contribution in [0.25, 0.3) is 10.1 Å². The summed E-state index contributed by atoms with van der Waals surface area (Å²) in [7, 11) is 7.16. The van der Waals surface area contributed by atoms with Gasteiger partial charge in [-0.15, -0.1) is 11.3 Å². The number of benzene rings is 2. The van der Waals surface area contributed by atoms with E-state index in [1.165, 1.54) is 21.2 Å². The average molecular weight is 483 g/mol. The predicted molar refractivity (Wildman–Crippen MR) is 138 cm³/mol. The molecule has 4 rings (SSSR count). The number of nitrogens with zero attached hydrogens (tertiary/aromatic N) is 2. The number of ether oxygens (including phenoxy) is 3. The quantitative estimate of drug-likeness (QED) is 0.428. The molecule has 6 nitrogen and oxygen atoms in total. The lowest BCUT2D eigenvalue weighted by atomic mass is 10.0. The first-order valence-electron chi connectivity index (χ1n) is 11.8. The van der Waals surface area contributed by atoms with Crippen molar-refractivity contribution in [1.29, 1.82) is 0 Å². The van der Waals surface area contributed by atoms with E-state index >= 15 is 0 Å². The van der Waals surface area contributed by atoms with Crippen molar-refractivity contribution in [2.75, 3.05) is 54.6 Å². The van der Waals surface area contributed by atoms with Crippen molar-refractivity contribution in [3.05, 3.63) is 52.4 Å². The largest absolute Gasteiger partial charge is 0.496 e. The molecule has 1 aliphatic rings. The molecule has 0 saturated heterocycles. The third-order valence-electron chi connectivity index (χ3n) is 6.64. The van der Waals surface area contributed by atoms with E-state index < -0.39 is 0 Å². The molecule has 0 N–H and O–H groups in total. The Balaban J connectivity index is 1.28. The Labute approximate surface area is 206 Å². The summed E-state index contributed by atoms with van der Waals surface area (Å²) >= 11 is 1.77. The molecule has 0 spiro atoms. The van der Waals surface area contributed by atoms with E-state index in [1.807, 2.05) is 29.2 Å². The van der Waals surface area contributed by atoms with Gasteiger partial charge in [-0.3, -0.25) is 4.79 Å². The minimum absolute atomic E-state index is 0.186. The van der Waals surface area contributed by atoms with Gasteiger partial charge in [0.2, 0.25) is 5.91 Å². The maximum Gasteiger partial charge on any atom is 0.227 e. The molecule has 0 saturated carbocycles. The van der Waals surface area contributed by atoms with Gasteiger partial charge in [0.05, 0.1) is 27.8 Å². The van der Waals surface area contributed by atoms with E-state index in [1.54, 1.807) is 32.7 Å². The number of amides is 1. The molecule has 1 aromatic heterocycles. The molecule has 0 atom stereocenters. The zero-order valence-corrected chi connectivity index (χ0v) is 21.4. The highest BCUT2D eigenvalue weighted by Gasteiger charge is 2.22. The molecule has 7 heteroatoms. The van der Waals surface area contributed by atoms with E-state index in [2.05, 4.69) is 23.4 Å². The number of carbonyl (C=O) groups excluding carboxylic acids is 1. The highest BCUT2D eigenvalue weighted by atomic mass is 32.1. The Morgan fingerprint density at radius 3 is 2.47 bits per heavy atom. The molecule has 0 unspecified atom stereocenters. The highest BCUT2D eigenvalue weighted by Crippen LogP contribution is 2.34. The molecule has 0 radical (unpaired) electrons. The second-order valence-corrected chi connectivity index (χ2v) is 9.70. The summed E-state index contributed by atoms with van der Waals surface area (Å²) in [5, 5.41) is 3.49. The molecule has 1 aliphatic heterocycles. The Kier molecular flexibility index (Phi) is 7.95. The lowest BCUT2D eigenvalue weighted by Crippen LogP contribution is -2.35. The number of hydrogen-bond donors (Lipinski definition) is 0. The number of thiophene rings is 1. The fourth-order valence-corrected chi connectivity index (χ4v) is 5.69. The molecule has 1 amide bonds. The van der Waals surface area contributed by atoms with Crippen molar-refractivity contribution in [3.63, 3.8) is 0 Å². The molecular formula is C27H34N2O4S. The number of methoxy groups -OCH3 is 3. The first kappa shape index (κ1) is 24.4. The van der Waals surface area contributed by atoms with Crippen LogP contribution in [0, 0.1) is 0 Å². The summed E-state index contributed by atoms with van der Waals surface area (Å²) in [6.45, 7) is 3.45. The lowest BCUT2D eigenvalue weighted by molar-refractivity contribution is -0.130. The summed E-state index contributed by atoms with van der Waals surface area (Å²) in [6.07, 6.45) is 3.19. The van der Waals surface area contributed by atoms with Crippen molar-refractivity contribution >= 4 is 27.3 Å². The van der Waals surface area contributed by atoms with Gasteiger partial charge in [-0.05, 0) is 79.2 Å². The maximum absolute atomic E-state index is 12.9. The van der Waals surface area contributed by atoms with E-state index in [-0.39, 0.29) is 5.91 Å². The van der Waals surface area contributed by atoms with E-state index in [4.69, 9.17) is 14.2 Å². The highest BCUT2D eigenvalue weighted by molar-refractivity contribution is 7.17. The molecule has 0 bridgehead atoms. The third kappa shape index (κ3) is 5.31. The van der Waals surface area contributed by atoms with Gasteiger partial charge in [-0.25, -0.2) is 0 Å². The van der Waals surface area contributed by atoms with Gasteiger partial charge >= 0.3 is 0 Å². The second kappa shape index (κ2) is 11.1. The smallest absolute Gasteiger partial charge is 0.227 e. The molecule has 2 aromatic carbocycles. The molecule has 2 heterocycles. The van der Waals surface area contributed by atoms with Crippen LogP contribution in [0.3, 0.4) is 0 Å². The second-order valence-electron chi connectivity index (χ2n) is 8.78. The fraction of sp³-hybridized carbons (Fsp3) is 0.444. The fourth-order valence-electron chi connectivity index (χ4n) is 4.68. The van der Waals surface area contributed by atoms with E-state index in [9.17, 15) is 4.79 Å². The van der Waals surface area contributed by atoms with Crippen molar-refractivity contribution in [2.24, 2.45) is 0 Å². The van der Waals surface area contributed by atoms with Gasteiger partial charge in [0, 0.05) is 29.7 Å². The van der Waals surface area contributed by atoms with Crippen LogP contribution >= 0.6 is 11.3 Å². The third-order valence-corrected chi connectivity index (χ3v) is 7.64. The normalized spacial score (nSPS) is 13.8. The topological polar surface area (TPSA) is 51.2 Å². The molecule has 182 valence electrons. The van der Waals surface area contributed by atoms with Crippen LogP contribution in [0.1, 0.15) is 23.1 Å². The first-order valence-corrected chi connectivity index (χ1v) is 12.6. The molecule has 3 aromatic rings.